The van der Waals surface area contributed by atoms with Gasteiger partial charge in [0.15, 0.2) is 12.5 Å². The van der Waals surface area contributed by atoms with E-state index in [0.29, 0.717) is 25.7 Å². The molecule has 11 nitrogen and oxygen atoms in total. The Morgan fingerprint density at radius 3 is 2.39 bits per heavy atom. The first kappa shape index (κ1) is 44.8. The molecular formula is C42H64N4O7S. The molecule has 1 saturated heterocycles. The quantitative estimate of drug-likeness (QED) is 0.0724. The zero-order valence-electron chi connectivity index (χ0n) is 33.7. The van der Waals surface area contributed by atoms with Gasteiger partial charge in [0.25, 0.3) is 5.91 Å². The lowest BCUT2D eigenvalue weighted by Crippen LogP contribution is -2.50. The van der Waals surface area contributed by atoms with Gasteiger partial charge >= 0.3 is 5.97 Å². The number of carbonyl (C=O) groups excluding carboxylic acids is 5. The summed E-state index contributed by atoms with van der Waals surface area (Å²) in [6.07, 6.45) is 6.93. The SMILES string of the molecule is CCCC(=O)OCN(C(=O)[C@@H](CC(=O)[C@H]1CCCCN1C)C(C)CC)[C@H](C[C@@H](C)c1nc(C(=O)N[C@@H](Cc2ccc(O)cc2)C[C@H](C)C=O)cs1)C(C)C. The molecule has 1 fully saturated rings. The second-order valence-electron chi connectivity index (χ2n) is 15.8. The van der Waals surface area contributed by atoms with Crippen LogP contribution >= 0.6 is 11.3 Å². The summed E-state index contributed by atoms with van der Waals surface area (Å²) < 4.78 is 5.72. The van der Waals surface area contributed by atoms with Gasteiger partial charge in [-0.2, -0.15) is 0 Å². The van der Waals surface area contributed by atoms with Gasteiger partial charge in [0.2, 0.25) is 5.91 Å². The number of ether oxygens (including phenoxy) is 1. The summed E-state index contributed by atoms with van der Waals surface area (Å²) in [5.41, 5.74) is 1.20. The molecule has 1 aliphatic rings. The molecule has 1 aromatic carbocycles. The number of aromatic nitrogens is 1. The van der Waals surface area contributed by atoms with E-state index in [-0.39, 0.29) is 96.4 Å². The van der Waals surface area contributed by atoms with Crippen LogP contribution in [-0.4, -0.2) is 88.2 Å². The lowest BCUT2D eigenvalue weighted by atomic mass is 9.82. The fourth-order valence-corrected chi connectivity index (χ4v) is 8.19. The highest BCUT2D eigenvalue weighted by atomic mass is 32.1. The van der Waals surface area contributed by atoms with Crippen molar-refractivity contribution >= 4 is 41.2 Å². The third kappa shape index (κ3) is 13.3. The van der Waals surface area contributed by atoms with E-state index < -0.39 is 5.92 Å². The molecule has 1 unspecified atom stereocenters. The normalized spacial score (nSPS) is 18.2. The summed E-state index contributed by atoms with van der Waals surface area (Å²) in [6.45, 7) is 14.6. The third-order valence-corrected chi connectivity index (χ3v) is 12.0. The Bertz CT molecular complexity index is 1510. The Kier molecular flexibility index (Phi) is 18.3. The molecule has 1 aliphatic heterocycles. The predicted molar refractivity (Wildman–Crippen MR) is 212 cm³/mol. The minimum Gasteiger partial charge on any atom is -0.508 e. The highest BCUT2D eigenvalue weighted by Gasteiger charge is 2.38. The van der Waals surface area contributed by atoms with E-state index in [1.54, 1.807) is 34.5 Å². The zero-order valence-corrected chi connectivity index (χ0v) is 34.5. The number of amides is 2. The van der Waals surface area contributed by atoms with E-state index in [2.05, 4.69) is 10.2 Å². The van der Waals surface area contributed by atoms with Crippen LogP contribution in [0.3, 0.4) is 0 Å². The monoisotopic (exact) mass is 768 g/mol. The number of nitrogens with zero attached hydrogens (tertiary/aromatic N) is 3. The summed E-state index contributed by atoms with van der Waals surface area (Å²) in [4.78, 5) is 74.6. The van der Waals surface area contributed by atoms with Crippen LogP contribution in [-0.2, 0) is 30.3 Å². The molecule has 7 atom stereocenters. The first-order valence-corrected chi connectivity index (χ1v) is 20.7. The number of hydrogen-bond donors (Lipinski definition) is 2. The maximum absolute atomic E-state index is 14.7. The van der Waals surface area contributed by atoms with Crippen LogP contribution in [0.25, 0.3) is 0 Å². The van der Waals surface area contributed by atoms with Crippen LogP contribution in [0.5, 0.6) is 5.75 Å². The molecule has 2 N–H and O–H groups in total. The number of esters is 1. The van der Waals surface area contributed by atoms with Crippen molar-refractivity contribution in [3.8, 4) is 5.75 Å². The number of aldehydes is 1. The topological polar surface area (TPSA) is 146 Å². The third-order valence-electron chi connectivity index (χ3n) is 10.9. The zero-order chi connectivity index (χ0) is 39.9. The van der Waals surface area contributed by atoms with Crippen molar-refractivity contribution in [1.29, 1.82) is 0 Å². The predicted octanol–water partition coefficient (Wildman–Crippen LogP) is 7.17. The van der Waals surface area contributed by atoms with Gasteiger partial charge in [-0.25, -0.2) is 4.98 Å². The van der Waals surface area contributed by atoms with Crippen LogP contribution in [0.15, 0.2) is 29.6 Å². The van der Waals surface area contributed by atoms with Crippen molar-refractivity contribution in [3.63, 3.8) is 0 Å². The lowest BCUT2D eigenvalue weighted by molar-refractivity contribution is -0.160. The van der Waals surface area contributed by atoms with Crippen LogP contribution in [0.4, 0.5) is 0 Å². The Hall–Kier alpha value is -3.64. The van der Waals surface area contributed by atoms with E-state index in [9.17, 15) is 29.1 Å². The summed E-state index contributed by atoms with van der Waals surface area (Å²) in [5.74, 6) is -1.65. The number of hydrogen-bond acceptors (Lipinski definition) is 10. The summed E-state index contributed by atoms with van der Waals surface area (Å²) >= 11 is 1.38. The largest absolute Gasteiger partial charge is 0.508 e. The van der Waals surface area contributed by atoms with Crippen molar-refractivity contribution in [2.45, 2.75) is 137 Å². The second-order valence-corrected chi connectivity index (χ2v) is 16.7. The number of ketones is 1. The van der Waals surface area contributed by atoms with Crippen molar-refractivity contribution in [2.24, 2.45) is 23.7 Å². The number of carbonyl (C=O) groups is 5. The average molecular weight is 769 g/mol. The van der Waals surface area contributed by atoms with Crippen LogP contribution in [0, 0.1) is 23.7 Å². The van der Waals surface area contributed by atoms with Crippen molar-refractivity contribution in [1.82, 2.24) is 20.1 Å². The smallest absolute Gasteiger partial charge is 0.307 e. The summed E-state index contributed by atoms with van der Waals surface area (Å²) in [7, 11) is 1.98. The molecule has 300 valence electrons. The number of phenols is 1. The Morgan fingerprint density at radius 1 is 1.07 bits per heavy atom. The minimum atomic E-state index is -0.550. The molecular weight excluding hydrogens is 705 g/mol. The maximum Gasteiger partial charge on any atom is 0.307 e. The van der Waals surface area contributed by atoms with E-state index in [1.807, 2.05) is 55.5 Å². The fourth-order valence-electron chi connectivity index (χ4n) is 7.32. The molecule has 2 aromatic rings. The highest BCUT2D eigenvalue weighted by molar-refractivity contribution is 7.09. The number of thiazole rings is 1. The molecule has 0 bridgehead atoms. The van der Waals surface area contributed by atoms with Crippen LogP contribution in [0.1, 0.15) is 133 Å². The van der Waals surface area contributed by atoms with Gasteiger partial charge in [-0.3, -0.25) is 24.1 Å². The number of nitrogens with one attached hydrogen (secondary N) is 1. The number of likely N-dealkylation sites (N-methyl/N-ethyl adjacent to an activating group) is 1. The molecule has 54 heavy (non-hydrogen) atoms. The van der Waals surface area contributed by atoms with E-state index in [4.69, 9.17) is 9.72 Å². The van der Waals surface area contributed by atoms with Gasteiger partial charge in [0.1, 0.15) is 17.7 Å². The minimum absolute atomic E-state index is 0.0118. The van der Waals surface area contributed by atoms with Crippen molar-refractivity contribution in [3.05, 3.63) is 45.9 Å². The van der Waals surface area contributed by atoms with E-state index in [1.165, 1.54) is 11.3 Å². The van der Waals surface area contributed by atoms with Crippen LogP contribution in [0.2, 0.25) is 0 Å². The molecule has 1 aromatic heterocycles. The summed E-state index contributed by atoms with van der Waals surface area (Å²) in [6, 6.07) is 5.94. The first-order valence-electron chi connectivity index (χ1n) is 19.9. The first-order chi connectivity index (χ1) is 25.7. The number of phenolic OH excluding ortho intramolecular Hbond substituents is 1. The molecule has 0 radical (unpaired) electrons. The molecule has 12 heteroatoms. The van der Waals surface area contributed by atoms with E-state index >= 15 is 0 Å². The van der Waals surface area contributed by atoms with Gasteiger partial charge in [0.05, 0.1) is 11.0 Å². The average Bonchev–Trinajstić information content (AvgIpc) is 3.65. The highest BCUT2D eigenvalue weighted by Crippen LogP contribution is 2.32. The molecule has 2 amide bonds. The van der Waals surface area contributed by atoms with Gasteiger partial charge in [-0.15, -0.1) is 11.3 Å². The number of aromatic hydroxyl groups is 1. The van der Waals surface area contributed by atoms with Gasteiger partial charge in [0, 0.05) is 48.1 Å². The van der Waals surface area contributed by atoms with Gasteiger partial charge < -0.3 is 24.9 Å². The van der Waals surface area contributed by atoms with Gasteiger partial charge in [-0.05, 0) is 81.6 Å². The summed E-state index contributed by atoms with van der Waals surface area (Å²) in [5, 5.41) is 15.2. The molecule has 2 heterocycles. The maximum atomic E-state index is 14.7. The molecule has 0 aliphatic carbocycles. The Morgan fingerprint density at radius 2 is 1.78 bits per heavy atom. The van der Waals surface area contributed by atoms with E-state index in [0.717, 1.165) is 49.1 Å². The lowest BCUT2D eigenvalue weighted by Gasteiger charge is -2.39. The Labute approximate surface area is 326 Å². The number of rotatable bonds is 22. The Balaban J connectivity index is 1.84. The molecule has 0 saturated carbocycles. The van der Waals surface area contributed by atoms with Crippen molar-refractivity contribution < 1.29 is 33.8 Å². The van der Waals surface area contributed by atoms with Crippen LogP contribution < -0.4 is 5.32 Å². The standard InChI is InChI=1S/C42H64N4O7S/c1-9-13-39(50)53-26-46(42(52)34(29(6)10-2)23-38(49)36-14-11-12-19-45(36)8)37(27(3)4)21-30(7)41-44-35(25-54-41)40(51)43-32(20-28(5)24-47)22-31-15-17-33(48)18-16-31/h15-18,24-25,27-30,32,34,36-37,48H,9-14,19-23,26H2,1-8H3,(H,43,51)/t28-,29?,30+,32+,34-,36+,37+/m0/s1. The fraction of sp³-hybridized carbons (Fsp3) is 0.667. The number of likely N-dealkylation sites (tertiary alicyclic amines) is 1. The molecule has 0 spiro atoms. The molecule has 3 rings (SSSR count). The van der Waals surface area contributed by atoms with Crippen molar-refractivity contribution in [2.75, 3.05) is 20.3 Å². The number of piperidine rings is 1. The second kappa shape index (κ2) is 22.0. The number of benzene rings is 1. The van der Waals surface area contributed by atoms with Gasteiger partial charge in [-0.1, -0.05) is 73.4 Å². The number of Topliss-reactive ketones (excluding diaryl/α,β-unsaturated/α-hetero) is 1.